The third kappa shape index (κ3) is 1.88. The van der Waals surface area contributed by atoms with Gasteiger partial charge in [0.25, 0.3) is 0 Å². The number of imidazole rings is 1. The molecule has 2 heterocycles. The van der Waals surface area contributed by atoms with E-state index in [-0.39, 0.29) is 0 Å². The Labute approximate surface area is 100 Å². The van der Waals surface area contributed by atoms with E-state index in [1.807, 2.05) is 23.1 Å². The Bertz CT molecular complexity index is 441. The average molecular weight is 319 g/mol. The number of halogens is 1. The van der Waals surface area contributed by atoms with Gasteiger partial charge in [-0.25, -0.2) is 9.97 Å². The molecule has 3 nitrogen and oxygen atoms in total. The smallest absolute Gasteiger partial charge is 0.169 e. The predicted octanol–water partition coefficient (Wildman–Crippen LogP) is 2.43. The summed E-state index contributed by atoms with van der Waals surface area (Å²) in [4.78, 5) is 8.82. The molecule has 0 unspecified atom stereocenters. The second kappa shape index (κ2) is 4.48. The molecular formula is C9H10IN3S. The fraction of sp³-hybridized carbons (Fsp3) is 0.333. The van der Waals surface area contributed by atoms with Crippen LogP contribution in [0.3, 0.4) is 0 Å². The monoisotopic (exact) mass is 319 g/mol. The van der Waals surface area contributed by atoms with Crippen LogP contribution in [-0.2, 0) is 6.42 Å². The summed E-state index contributed by atoms with van der Waals surface area (Å²) in [7, 11) is 0. The molecule has 0 aliphatic heterocycles. The second-order valence-electron chi connectivity index (χ2n) is 2.84. The standard InChI is InChI=1S/C9H10IN3S/c1-14-9-8-11-4-5-13(8)6-7(12-9)2-3-10/h4-6H,2-3H2,1H3. The fourth-order valence-electron chi connectivity index (χ4n) is 1.31. The zero-order valence-electron chi connectivity index (χ0n) is 7.77. The lowest BCUT2D eigenvalue weighted by molar-refractivity contribution is 0.933. The molecule has 2 rings (SSSR count). The Morgan fingerprint density at radius 1 is 1.57 bits per heavy atom. The van der Waals surface area contributed by atoms with E-state index in [0.717, 1.165) is 27.2 Å². The van der Waals surface area contributed by atoms with Crippen LogP contribution in [0.1, 0.15) is 5.69 Å². The molecular weight excluding hydrogens is 309 g/mol. The zero-order chi connectivity index (χ0) is 9.97. The van der Waals surface area contributed by atoms with Gasteiger partial charge in [0.05, 0.1) is 5.69 Å². The van der Waals surface area contributed by atoms with E-state index in [9.17, 15) is 0 Å². The molecule has 2 aromatic heterocycles. The maximum absolute atomic E-state index is 4.56. The summed E-state index contributed by atoms with van der Waals surface area (Å²) in [6.07, 6.45) is 8.88. The fourth-order valence-corrected chi connectivity index (χ4v) is 2.41. The number of aryl methyl sites for hydroxylation is 1. The summed E-state index contributed by atoms with van der Waals surface area (Å²) in [6, 6.07) is 0. The van der Waals surface area contributed by atoms with Crippen molar-refractivity contribution >= 4 is 40.0 Å². The van der Waals surface area contributed by atoms with E-state index in [4.69, 9.17) is 0 Å². The second-order valence-corrected chi connectivity index (χ2v) is 4.71. The maximum atomic E-state index is 4.56. The normalized spacial score (nSPS) is 11.0. The summed E-state index contributed by atoms with van der Waals surface area (Å²) in [5.74, 6) is 0. The van der Waals surface area contributed by atoms with Crippen LogP contribution in [0.4, 0.5) is 0 Å². The van der Waals surface area contributed by atoms with Gasteiger partial charge in [0.1, 0.15) is 5.03 Å². The lowest BCUT2D eigenvalue weighted by Crippen LogP contribution is -1.98. The Morgan fingerprint density at radius 2 is 2.43 bits per heavy atom. The van der Waals surface area contributed by atoms with Crippen LogP contribution in [0.15, 0.2) is 23.6 Å². The van der Waals surface area contributed by atoms with Crippen LogP contribution in [0.25, 0.3) is 5.65 Å². The SMILES string of the molecule is CSc1nc(CCI)cn2ccnc12. The van der Waals surface area contributed by atoms with Crippen molar-refractivity contribution in [2.24, 2.45) is 0 Å². The lowest BCUT2D eigenvalue weighted by atomic mass is 10.3. The summed E-state index contributed by atoms with van der Waals surface area (Å²) in [5.41, 5.74) is 2.09. The van der Waals surface area contributed by atoms with E-state index in [2.05, 4.69) is 38.8 Å². The molecule has 0 radical (unpaired) electrons. The largest absolute Gasteiger partial charge is 0.303 e. The Morgan fingerprint density at radius 3 is 3.14 bits per heavy atom. The van der Waals surface area contributed by atoms with Crippen molar-refractivity contribution in [2.45, 2.75) is 11.4 Å². The molecule has 14 heavy (non-hydrogen) atoms. The quantitative estimate of drug-likeness (QED) is 0.494. The molecule has 0 atom stereocenters. The van der Waals surface area contributed by atoms with Gasteiger partial charge in [0, 0.05) is 29.4 Å². The van der Waals surface area contributed by atoms with Crippen molar-refractivity contribution in [2.75, 3.05) is 10.7 Å². The highest BCUT2D eigenvalue weighted by Crippen LogP contribution is 2.18. The third-order valence-corrected chi connectivity index (χ3v) is 3.14. The minimum absolute atomic E-state index is 0.953. The van der Waals surface area contributed by atoms with Crippen molar-refractivity contribution in [3.05, 3.63) is 24.3 Å². The predicted molar refractivity (Wildman–Crippen MR) is 67.4 cm³/mol. The number of hydrogen-bond donors (Lipinski definition) is 0. The lowest BCUT2D eigenvalue weighted by Gasteiger charge is -2.03. The first-order valence-corrected chi connectivity index (χ1v) is 7.02. The minimum Gasteiger partial charge on any atom is -0.303 e. The summed E-state index contributed by atoms with van der Waals surface area (Å²) in [5, 5.41) is 1.01. The van der Waals surface area contributed by atoms with Crippen LogP contribution in [0.5, 0.6) is 0 Å². The number of thioether (sulfide) groups is 1. The molecule has 0 N–H and O–H groups in total. The van der Waals surface area contributed by atoms with Crippen LogP contribution in [0, 0.1) is 0 Å². The van der Waals surface area contributed by atoms with Crippen LogP contribution >= 0.6 is 34.4 Å². The maximum Gasteiger partial charge on any atom is 0.169 e. The molecule has 2 aromatic rings. The van der Waals surface area contributed by atoms with Crippen LogP contribution in [-0.4, -0.2) is 25.1 Å². The first kappa shape index (κ1) is 10.2. The minimum atomic E-state index is 0.953. The van der Waals surface area contributed by atoms with Gasteiger partial charge in [-0.3, -0.25) is 0 Å². The number of alkyl halides is 1. The van der Waals surface area contributed by atoms with Gasteiger partial charge >= 0.3 is 0 Å². The van der Waals surface area contributed by atoms with Crippen LogP contribution < -0.4 is 0 Å². The highest BCUT2D eigenvalue weighted by atomic mass is 127. The summed E-state index contributed by atoms with van der Waals surface area (Å²) in [6.45, 7) is 0. The highest BCUT2D eigenvalue weighted by molar-refractivity contribution is 14.1. The average Bonchev–Trinajstić information content (AvgIpc) is 2.65. The van der Waals surface area contributed by atoms with Gasteiger partial charge in [0.2, 0.25) is 0 Å². The first-order valence-electron chi connectivity index (χ1n) is 4.27. The number of hydrogen-bond acceptors (Lipinski definition) is 3. The molecule has 5 heteroatoms. The molecule has 0 fully saturated rings. The van der Waals surface area contributed by atoms with Crippen molar-refractivity contribution < 1.29 is 0 Å². The van der Waals surface area contributed by atoms with Gasteiger partial charge in [-0.2, -0.15) is 0 Å². The molecule has 0 bridgehead atoms. The molecule has 0 aliphatic rings. The van der Waals surface area contributed by atoms with Crippen molar-refractivity contribution in [1.29, 1.82) is 0 Å². The van der Waals surface area contributed by atoms with E-state index in [1.165, 1.54) is 0 Å². The van der Waals surface area contributed by atoms with Crippen LogP contribution in [0.2, 0.25) is 0 Å². The van der Waals surface area contributed by atoms with Crippen molar-refractivity contribution in [3.8, 4) is 0 Å². The topological polar surface area (TPSA) is 30.2 Å². The van der Waals surface area contributed by atoms with E-state index < -0.39 is 0 Å². The van der Waals surface area contributed by atoms with Gasteiger partial charge in [-0.05, 0) is 6.26 Å². The molecule has 0 spiro atoms. The Kier molecular flexibility index (Phi) is 3.27. The van der Waals surface area contributed by atoms with Crippen molar-refractivity contribution in [3.63, 3.8) is 0 Å². The Hall–Kier alpha value is -0.300. The summed E-state index contributed by atoms with van der Waals surface area (Å²) >= 11 is 4.01. The van der Waals surface area contributed by atoms with Crippen molar-refractivity contribution in [1.82, 2.24) is 14.4 Å². The number of fused-ring (bicyclic) bond motifs is 1. The molecule has 0 saturated carbocycles. The summed E-state index contributed by atoms with van der Waals surface area (Å²) < 4.78 is 3.14. The molecule has 0 amide bonds. The zero-order valence-corrected chi connectivity index (χ0v) is 10.7. The number of aromatic nitrogens is 3. The highest BCUT2D eigenvalue weighted by Gasteiger charge is 2.05. The third-order valence-electron chi connectivity index (χ3n) is 1.94. The molecule has 0 saturated heterocycles. The molecule has 74 valence electrons. The molecule has 0 aromatic carbocycles. The van der Waals surface area contributed by atoms with E-state index in [1.54, 1.807) is 11.8 Å². The van der Waals surface area contributed by atoms with Gasteiger partial charge in [0.15, 0.2) is 5.65 Å². The van der Waals surface area contributed by atoms with Gasteiger partial charge in [-0.15, -0.1) is 11.8 Å². The number of nitrogens with zero attached hydrogens (tertiary/aromatic N) is 3. The Balaban J connectivity index is 2.55. The molecule has 0 aliphatic carbocycles. The van der Waals surface area contributed by atoms with Gasteiger partial charge in [-0.1, -0.05) is 22.6 Å². The van der Waals surface area contributed by atoms with E-state index >= 15 is 0 Å². The van der Waals surface area contributed by atoms with Gasteiger partial charge < -0.3 is 4.40 Å². The number of rotatable bonds is 3. The first-order chi connectivity index (χ1) is 6.85. The van der Waals surface area contributed by atoms with E-state index in [0.29, 0.717) is 0 Å².